The lowest BCUT2D eigenvalue weighted by Crippen LogP contribution is -2.24. The van der Waals surface area contributed by atoms with E-state index in [0.717, 1.165) is 10.5 Å². The molecule has 0 aliphatic rings. The van der Waals surface area contributed by atoms with Gasteiger partial charge >= 0.3 is 5.97 Å². The molecule has 0 aliphatic carbocycles. The number of hydrogen-bond donors (Lipinski definition) is 1. The summed E-state index contributed by atoms with van der Waals surface area (Å²) >= 11 is 4.28. The summed E-state index contributed by atoms with van der Waals surface area (Å²) < 4.78 is 5.00. The SMILES string of the molecule is CC(C)OC(=O)C(C)C(=O)/C=C/c1ccccc1S. The maximum absolute atomic E-state index is 11.8. The molecule has 0 fully saturated rings. The number of esters is 1. The van der Waals surface area contributed by atoms with Gasteiger partial charge in [-0.05, 0) is 38.5 Å². The van der Waals surface area contributed by atoms with Gasteiger partial charge in [-0.25, -0.2) is 0 Å². The van der Waals surface area contributed by atoms with Crippen LogP contribution in [0.2, 0.25) is 0 Å². The molecule has 0 aliphatic heterocycles. The standard InChI is InChI=1S/C15H18O3S/c1-10(2)18-15(17)11(3)13(16)9-8-12-6-4-5-7-14(12)19/h4-11,19H,1-3H3/b9-8+. The highest BCUT2D eigenvalue weighted by molar-refractivity contribution is 7.80. The third-order valence-corrected chi connectivity index (χ3v) is 2.90. The van der Waals surface area contributed by atoms with Gasteiger partial charge in [0.15, 0.2) is 5.78 Å². The maximum Gasteiger partial charge on any atom is 0.316 e. The Kier molecular flexibility index (Phi) is 5.83. The molecule has 0 amide bonds. The topological polar surface area (TPSA) is 43.4 Å². The van der Waals surface area contributed by atoms with Crippen LogP contribution in [0.25, 0.3) is 6.08 Å². The Labute approximate surface area is 119 Å². The van der Waals surface area contributed by atoms with Crippen molar-refractivity contribution in [2.75, 3.05) is 0 Å². The summed E-state index contributed by atoms with van der Waals surface area (Å²) in [5.74, 6) is -1.56. The quantitative estimate of drug-likeness (QED) is 0.389. The molecular weight excluding hydrogens is 260 g/mol. The second-order valence-corrected chi connectivity index (χ2v) is 4.98. The zero-order valence-corrected chi connectivity index (χ0v) is 12.2. The molecule has 1 rings (SSSR count). The summed E-state index contributed by atoms with van der Waals surface area (Å²) in [4.78, 5) is 24.2. The Bertz CT molecular complexity index is 492. The predicted molar refractivity (Wildman–Crippen MR) is 78.1 cm³/mol. The lowest BCUT2D eigenvalue weighted by molar-refractivity contribution is -0.153. The van der Waals surface area contributed by atoms with Crippen LogP contribution in [0, 0.1) is 5.92 Å². The van der Waals surface area contributed by atoms with Crippen LogP contribution in [0.3, 0.4) is 0 Å². The normalized spacial score (nSPS) is 12.7. The third kappa shape index (κ3) is 4.91. The van der Waals surface area contributed by atoms with E-state index < -0.39 is 11.9 Å². The zero-order chi connectivity index (χ0) is 14.4. The summed E-state index contributed by atoms with van der Waals surface area (Å²) in [6.07, 6.45) is 2.83. The second-order valence-electron chi connectivity index (χ2n) is 4.50. The number of ether oxygens (including phenoxy) is 1. The molecule has 0 saturated carbocycles. The fourth-order valence-electron chi connectivity index (χ4n) is 1.40. The Morgan fingerprint density at radius 2 is 1.84 bits per heavy atom. The molecule has 1 aromatic rings. The van der Waals surface area contributed by atoms with Gasteiger partial charge in [0.1, 0.15) is 5.92 Å². The van der Waals surface area contributed by atoms with Gasteiger partial charge in [0.25, 0.3) is 0 Å². The van der Waals surface area contributed by atoms with E-state index in [-0.39, 0.29) is 11.9 Å². The van der Waals surface area contributed by atoms with Gasteiger partial charge in [0, 0.05) is 4.90 Å². The number of thiol groups is 1. The molecule has 0 radical (unpaired) electrons. The fraction of sp³-hybridized carbons (Fsp3) is 0.333. The summed E-state index contributed by atoms with van der Waals surface area (Å²) in [7, 11) is 0. The maximum atomic E-state index is 11.8. The molecule has 1 aromatic carbocycles. The van der Waals surface area contributed by atoms with Gasteiger partial charge < -0.3 is 4.74 Å². The molecule has 0 N–H and O–H groups in total. The van der Waals surface area contributed by atoms with Crippen LogP contribution in [-0.2, 0) is 14.3 Å². The van der Waals surface area contributed by atoms with Gasteiger partial charge in [-0.2, -0.15) is 0 Å². The molecule has 1 unspecified atom stereocenters. The minimum Gasteiger partial charge on any atom is -0.462 e. The Hall–Kier alpha value is -1.55. The number of benzene rings is 1. The van der Waals surface area contributed by atoms with Crippen molar-refractivity contribution in [1.29, 1.82) is 0 Å². The van der Waals surface area contributed by atoms with E-state index in [1.165, 1.54) is 6.08 Å². The Morgan fingerprint density at radius 1 is 1.21 bits per heavy atom. The van der Waals surface area contributed by atoms with Crippen molar-refractivity contribution in [2.45, 2.75) is 31.8 Å². The molecule has 0 heterocycles. The first-order valence-electron chi connectivity index (χ1n) is 6.12. The van der Waals surface area contributed by atoms with E-state index in [1.807, 2.05) is 24.3 Å². The summed E-state index contributed by atoms with van der Waals surface area (Å²) in [5, 5.41) is 0. The van der Waals surface area contributed by atoms with Gasteiger partial charge in [0.05, 0.1) is 6.10 Å². The molecule has 0 saturated heterocycles. The van der Waals surface area contributed by atoms with E-state index in [9.17, 15) is 9.59 Å². The average molecular weight is 278 g/mol. The highest BCUT2D eigenvalue weighted by Crippen LogP contribution is 2.15. The molecule has 0 aromatic heterocycles. The van der Waals surface area contributed by atoms with Crippen molar-refractivity contribution in [1.82, 2.24) is 0 Å². The number of carbonyl (C=O) groups is 2. The fourth-order valence-corrected chi connectivity index (χ4v) is 1.63. The second kappa shape index (κ2) is 7.14. The summed E-state index contributed by atoms with van der Waals surface area (Å²) in [5.41, 5.74) is 0.837. The number of allylic oxidation sites excluding steroid dienone is 1. The third-order valence-electron chi connectivity index (χ3n) is 2.50. The van der Waals surface area contributed by atoms with E-state index >= 15 is 0 Å². The van der Waals surface area contributed by atoms with Gasteiger partial charge in [-0.1, -0.05) is 24.3 Å². The molecule has 102 valence electrons. The molecule has 1 atom stereocenters. The molecule has 0 spiro atoms. The van der Waals surface area contributed by atoms with Crippen molar-refractivity contribution >= 4 is 30.5 Å². The van der Waals surface area contributed by atoms with Crippen LogP contribution >= 0.6 is 12.6 Å². The molecule has 19 heavy (non-hydrogen) atoms. The van der Waals surface area contributed by atoms with Crippen LogP contribution in [-0.4, -0.2) is 17.9 Å². The largest absolute Gasteiger partial charge is 0.462 e. The average Bonchev–Trinajstić information content (AvgIpc) is 2.35. The van der Waals surface area contributed by atoms with E-state index in [1.54, 1.807) is 26.8 Å². The highest BCUT2D eigenvalue weighted by Gasteiger charge is 2.21. The minimum atomic E-state index is -0.786. The van der Waals surface area contributed by atoms with Crippen LogP contribution in [0.15, 0.2) is 35.2 Å². The van der Waals surface area contributed by atoms with Crippen molar-refractivity contribution in [2.24, 2.45) is 5.92 Å². The molecule has 0 bridgehead atoms. The van der Waals surface area contributed by atoms with E-state index in [2.05, 4.69) is 12.6 Å². The van der Waals surface area contributed by atoms with Crippen molar-refractivity contribution in [3.8, 4) is 0 Å². The molecular formula is C15H18O3S. The Morgan fingerprint density at radius 3 is 2.42 bits per heavy atom. The minimum absolute atomic E-state index is 0.218. The number of rotatable bonds is 5. The Balaban J connectivity index is 2.69. The lowest BCUT2D eigenvalue weighted by Gasteiger charge is -2.11. The monoisotopic (exact) mass is 278 g/mol. The van der Waals surface area contributed by atoms with Gasteiger partial charge in [-0.3, -0.25) is 9.59 Å². The van der Waals surface area contributed by atoms with Crippen LogP contribution < -0.4 is 0 Å². The van der Waals surface area contributed by atoms with Crippen LogP contribution in [0.1, 0.15) is 26.3 Å². The predicted octanol–water partition coefficient (Wildman–Crippen LogP) is 3.15. The highest BCUT2D eigenvalue weighted by atomic mass is 32.1. The molecule has 3 nitrogen and oxygen atoms in total. The van der Waals surface area contributed by atoms with Crippen LogP contribution in [0.5, 0.6) is 0 Å². The summed E-state index contributed by atoms with van der Waals surface area (Å²) in [6, 6.07) is 7.41. The van der Waals surface area contributed by atoms with Crippen molar-refractivity contribution < 1.29 is 14.3 Å². The number of carbonyl (C=O) groups excluding carboxylic acids is 2. The zero-order valence-electron chi connectivity index (χ0n) is 11.3. The van der Waals surface area contributed by atoms with Gasteiger partial charge in [-0.15, -0.1) is 12.6 Å². The first kappa shape index (κ1) is 15.5. The van der Waals surface area contributed by atoms with E-state index in [4.69, 9.17) is 4.74 Å². The van der Waals surface area contributed by atoms with Gasteiger partial charge in [0.2, 0.25) is 0 Å². The first-order chi connectivity index (χ1) is 8.91. The number of ketones is 1. The van der Waals surface area contributed by atoms with Crippen molar-refractivity contribution in [3.05, 3.63) is 35.9 Å². The van der Waals surface area contributed by atoms with Crippen LogP contribution in [0.4, 0.5) is 0 Å². The number of hydrogen-bond acceptors (Lipinski definition) is 4. The molecule has 4 heteroatoms. The first-order valence-corrected chi connectivity index (χ1v) is 6.57. The lowest BCUT2D eigenvalue weighted by atomic mass is 10.1. The van der Waals surface area contributed by atoms with E-state index in [0.29, 0.717) is 0 Å². The van der Waals surface area contributed by atoms with Crippen molar-refractivity contribution in [3.63, 3.8) is 0 Å². The summed E-state index contributed by atoms with van der Waals surface area (Å²) in [6.45, 7) is 5.05. The smallest absolute Gasteiger partial charge is 0.316 e.